The number of rotatable bonds is 3. The minimum absolute atomic E-state index is 0.637. The fourth-order valence-electron chi connectivity index (χ4n) is 2.23. The van der Waals surface area contributed by atoms with Gasteiger partial charge in [-0.3, -0.25) is 0 Å². The van der Waals surface area contributed by atoms with E-state index in [1.165, 1.54) is 24.0 Å². The highest BCUT2D eigenvalue weighted by atomic mass is 79.9. The molecule has 0 bridgehead atoms. The fraction of sp³-hybridized carbons (Fsp3) is 0.538. The van der Waals surface area contributed by atoms with E-state index in [0.717, 1.165) is 23.2 Å². The van der Waals surface area contributed by atoms with Gasteiger partial charge in [0.2, 0.25) is 0 Å². The summed E-state index contributed by atoms with van der Waals surface area (Å²) in [6.07, 6.45) is 3.69. The van der Waals surface area contributed by atoms with Crippen LogP contribution in [0.1, 0.15) is 24.0 Å². The second-order valence-corrected chi connectivity index (χ2v) is 5.25. The van der Waals surface area contributed by atoms with Crippen LogP contribution in [0.3, 0.4) is 0 Å². The molecule has 1 aliphatic rings. The summed E-state index contributed by atoms with van der Waals surface area (Å²) in [4.78, 5) is 0. The zero-order chi connectivity index (χ0) is 11.5. The largest absolute Gasteiger partial charge is 0.497 e. The average Bonchev–Trinajstić information content (AvgIpc) is 2.77. The summed E-state index contributed by atoms with van der Waals surface area (Å²) in [5, 5.41) is 3.53. The van der Waals surface area contributed by atoms with Crippen molar-refractivity contribution in [1.29, 1.82) is 0 Å². The highest BCUT2D eigenvalue weighted by molar-refractivity contribution is 9.10. The van der Waals surface area contributed by atoms with Gasteiger partial charge >= 0.3 is 0 Å². The first kappa shape index (κ1) is 11.9. The summed E-state index contributed by atoms with van der Waals surface area (Å²) in [6, 6.07) is 4.82. The van der Waals surface area contributed by atoms with E-state index in [0.29, 0.717) is 6.04 Å². The molecule has 0 aromatic heterocycles. The number of benzene rings is 1. The summed E-state index contributed by atoms with van der Waals surface area (Å²) in [5.74, 6) is 0.936. The van der Waals surface area contributed by atoms with E-state index in [9.17, 15) is 0 Å². The van der Waals surface area contributed by atoms with Crippen molar-refractivity contribution in [3.8, 4) is 5.75 Å². The lowest BCUT2D eigenvalue weighted by atomic mass is 10.00. The molecule has 0 radical (unpaired) electrons. The van der Waals surface area contributed by atoms with Crippen molar-refractivity contribution >= 4 is 15.9 Å². The fourth-order valence-corrected chi connectivity index (χ4v) is 2.71. The Morgan fingerprint density at radius 2 is 2.31 bits per heavy atom. The molecule has 2 nitrogen and oxygen atoms in total. The van der Waals surface area contributed by atoms with E-state index in [1.807, 2.05) is 6.07 Å². The number of halogens is 1. The van der Waals surface area contributed by atoms with Crippen LogP contribution in [-0.4, -0.2) is 19.7 Å². The third-order valence-corrected chi connectivity index (χ3v) is 4.11. The normalized spacial score (nSPS) is 20.1. The van der Waals surface area contributed by atoms with Crippen LogP contribution < -0.4 is 10.1 Å². The summed E-state index contributed by atoms with van der Waals surface area (Å²) < 4.78 is 6.44. The number of hydrogen-bond acceptors (Lipinski definition) is 2. The Morgan fingerprint density at radius 1 is 1.50 bits per heavy atom. The van der Waals surface area contributed by atoms with Crippen LogP contribution in [0.25, 0.3) is 0 Å². The van der Waals surface area contributed by atoms with E-state index < -0.39 is 0 Å². The van der Waals surface area contributed by atoms with Gasteiger partial charge in [0.1, 0.15) is 5.75 Å². The molecular formula is C13H18BrNO. The summed E-state index contributed by atoms with van der Waals surface area (Å²) >= 11 is 3.59. The lowest BCUT2D eigenvalue weighted by Crippen LogP contribution is -2.24. The van der Waals surface area contributed by atoms with Crippen molar-refractivity contribution in [3.63, 3.8) is 0 Å². The molecule has 0 aliphatic carbocycles. The van der Waals surface area contributed by atoms with Crippen LogP contribution in [0.5, 0.6) is 5.75 Å². The third-order valence-electron chi connectivity index (χ3n) is 3.29. The van der Waals surface area contributed by atoms with Crippen molar-refractivity contribution < 1.29 is 4.74 Å². The van der Waals surface area contributed by atoms with Gasteiger partial charge in [-0.2, -0.15) is 0 Å². The van der Waals surface area contributed by atoms with Crippen LogP contribution >= 0.6 is 15.9 Å². The van der Waals surface area contributed by atoms with E-state index in [-0.39, 0.29) is 0 Å². The van der Waals surface area contributed by atoms with Gasteiger partial charge in [-0.05, 0) is 56.0 Å². The maximum absolute atomic E-state index is 5.30. The minimum atomic E-state index is 0.637. The van der Waals surface area contributed by atoms with E-state index >= 15 is 0 Å². The lowest BCUT2D eigenvalue weighted by molar-refractivity contribution is 0.413. The molecule has 3 heteroatoms. The molecule has 88 valence electrons. The average molecular weight is 284 g/mol. The Bertz CT molecular complexity index is 372. The van der Waals surface area contributed by atoms with Gasteiger partial charge < -0.3 is 10.1 Å². The molecule has 1 N–H and O–H groups in total. The predicted molar refractivity (Wildman–Crippen MR) is 70.2 cm³/mol. The first-order valence-corrected chi connectivity index (χ1v) is 6.56. The molecule has 1 aliphatic heterocycles. The molecule has 0 amide bonds. The predicted octanol–water partition coefficient (Wildman–Crippen LogP) is 3.06. The Kier molecular flexibility index (Phi) is 3.87. The molecule has 0 spiro atoms. The molecule has 2 rings (SSSR count). The number of methoxy groups -OCH3 is 1. The van der Waals surface area contributed by atoms with Crippen LogP contribution in [0.2, 0.25) is 0 Å². The van der Waals surface area contributed by atoms with Crippen molar-refractivity contribution in [2.45, 2.75) is 32.2 Å². The van der Waals surface area contributed by atoms with E-state index in [2.05, 4.69) is 34.2 Å². The summed E-state index contributed by atoms with van der Waals surface area (Å²) in [5.41, 5.74) is 2.71. The lowest BCUT2D eigenvalue weighted by Gasteiger charge is -2.14. The quantitative estimate of drug-likeness (QED) is 0.921. The van der Waals surface area contributed by atoms with Gasteiger partial charge in [0.25, 0.3) is 0 Å². The zero-order valence-electron chi connectivity index (χ0n) is 9.85. The number of ether oxygens (including phenoxy) is 1. The van der Waals surface area contributed by atoms with Crippen molar-refractivity contribution in [2.24, 2.45) is 0 Å². The van der Waals surface area contributed by atoms with Gasteiger partial charge in [0, 0.05) is 10.5 Å². The maximum atomic E-state index is 5.30. The molecule has 1 fully saturated rings. The van der Waals surface area contributed by atoms with Crippen molar-refractivity contribution in [3.05, 3.63) is 27.7 Å². The minimum Gasteiger partial charge on any atom is -0.497 e. The molecule has 1 atom stereocenters. The second-order valence-electron chi connectivity index (χ2n) is 4.39. The van der Waals surface area contributed by atoms with Gasteiger partial charge in [0.05, 0.1) is 7.11 Å². The molecule has 0 saturated carbocycles. The number of hydrogen-bond donors (Lipinski definition) is 1. The Balaban J connectivity index is 2.20. The maximum Gasteiger partial charge on any atom is 0.120 e. The van der Waals surface area contributed by atoms with Crippen LogP contribution in [0.4, 0.5) is 0 Å². The summed E-state index contributed by atoms with van der Waals surface area (Å²) in [7, 11) is 1.72. The molecule has 1 unspecified atom stereocenters. The molecule has 1 aromatic rings. The van der Waals surface area contributed by atoms with Gasteiger partial charge in [0.15, 0.2) is 0 Å². The SMILES string of the molecule is COc1cc(Br)c(C)c(CC2CCCN2)c1. The smallest absolute Gasteiger partial charge is 0.120 e. The third kappa shape index (κ3) is 2.58. The molecular weight excluding hydrogens is 266 g/mol. The monoisotopic (exact) mass is 283 g/mol. The topological polar surface area (TPSA) is 21.3 Å². The standard InChI is InChI=1S/C13H18BrNO/c1-9-10(6-11-4-3-5-15-11)7-12(16-2)8-13(9)14/h7-8,11,15H,3-6H2,1-2H3. The second kappa shape index (κ2) is 5.19. The van der Waals surface area contributed by atoms with Crippen molar-refractivity contribution in [1.82, 2.24) is 5.32 Å². The Labute approximate surface area is 106 Å². The molecule has 1 aromatic carbocycles. The highest BCUT2D eigenvalue weighted by Gasteiger charge is 2.16. The Hall–Kier alpha value is -0.540. The first-order chi connectivity index (χ1) is 7.70. The molecule has 16 heavy (non-hydrogen) atoms. The van der Waals surface area contributed by atoms with Crippen LogP contribution in [-0.2, 0) is 6.42 Å². The van der Waals surface area contributed by atoms with Gasteiger partial charge in [-0.15, -0.1) is 0 Å². The van der Waals surface area contributed by atoms with Crippen LogP contribution in [0.15, 0.2) is 16.6 Å². The van der Waals surface area contributed by atoms with E-state index in [1.54, 1.807) is 7.11 Å². The summed E-state index contributed by atoms with van der Waals surface area (Å²) in [6.45, 7) is 3.32. The van der Waals surface area contributed by atoms with Crippen LogP contribution in [0, 0.1) is 6.92 Å². The highest BCUT2D eigenvalue weighted by Crippen LogP contribution is 2.28. The van der Waals surface area contributed by atoms with Crippen molar-refractivity contribution in [2.75, 3.05) is 13.7 Å². The van der Waals surface area contributed by atoms with Gasteiger partial charge in [-0.1, -0.05) is 15.9 Å². The number of nitrogens with one attached hydrogen (secondary N) is 1. The first-order valence-electron chi connectivity index (χ1n) is 5.77. The van der Waals surface area contributed by atoms with E-state index in [4.69, 9.17) is 4.74 Å². The molecule has 1 saturated heterocycles. The Morgan fingerprint density at radius 3 is 2.94 bits per heavy atom. The zero-order valence-corrected chi connectivity index (χ0v) is 11.4. The van der Waals surface area contributed by atoms with Gasteiger partial charge in [-0.25, -0.2) is 0 Å². The molecule has 1 heterocycles.